The van der Waals surface area contributed by atoms with Crippen molar-refractivity contribution in [3.63, 3.8) is 0 Å². The van der Waals surface area contributed by atoms with Gasteiger partial charge in [0.15, 0.2) is 0 Å². The number of para-hydroxylation sites is 1. The standard InChI is InChI=1S/C24H16IN3O2/c25-22-13-17(12-20(15-27)24(29)28-21-8-2-1-3-9-21)10-11-23(22)30-16-19-7-5-4-6-18(19)14-26/h1-13H,16H2,(H,28,29)/b20-12-. The summed E-state index contributed by atoms with van der Waals surface area (Å²) in [7, 11) is 0. The van der Waals surface area contributed by atoms with Gasteiger partial charge < -0.3 is 10.1 Å². The Kier molecular flexibility index (Phi) is 7.20. The molecule has 1 amide bonds. The van der Waals surface area contributed by atoms with Crippen molar-refractivity contribution in [3.8, 4) is 17.9 Å². The Morgan fingerprint density at radius 3 is 2.47 bits per heavy atom. The van der Waals surface area contributed by atoms with E-state index in [4.69, 9.17) is 4.74 Å². The molecule has 3 aromatic carbocycles. The smallest absolute Gasteiger partial charge is 0.266 e. The van der Waals surface area contributed by atoms with E-state index in [0.717, 1.165) is 9.13 Å². The molecule has 146 valence electrons. The third kappa shape index (κ3) is 5.47. The zero-order valence-electron chi connectivity index (χ0n) is 15.8. The van der Waals surface area contributed by atoms with Gasteiger partial charge in [0.2, 0.25) is 0 Å². The molecule has 0 aliphatic carbocycles. The molecule has 6 heteroatoms. The minimum atomic E-state index is -0.466. The Morgan fingerprint density at radius 1 is 1.03 bits per heavy atom. The number of rotatable bonds is 6. The number of hydrogen-bond donors (Lipinski definition) is 1. The minimum Gasteiger partial charge on any atom is -0.488 e. The van der Waals surface area contributed by atoms with E-state index < -0.39 is 5.91 Å². The summed E-state index contributed by atoms with van der Waals surface area (Å²) >= 11 is 2.14. The molecule has 5 nitrogen and oxygen atoms in total. The molecule has 3 rings (SSSR count). The number of carbonyl (C=O) groups is 1. The second kappa shape index (κ2) is 10.2. The first-order chi connectivity index (χ1) is 14.6. The number of hydrogen-bond acceptors (Lipinski definition) is 4. The summed E-state index contributed by atoms with van der Waals surface area (Å²) in [5.74, 6) is 0.194. The van der Waals surface area contributed by atoms with E-state index in [9.17, 15) is 15.3 Å². The van der Waals surface area contributed by atoms with Crippen LogP contribution in [0.5, 0.6) is 5.75 Å². The molecular weight excluding hydrogens is 489 g/mol. The summed E-state index contributed by atoms with van der Waals surface area (Å²) in [6.07, 6.45) is 1.54. The average Bonchev–Trinajstić information content (AvgIpc) is 2.77. The molecular formula is C24H16IN3O2. The number of ether oxygens (including phenoxy) is 1. The quantitative estimate of drug-likeness (QED) is 0.280. The molecule has 0 saturated heterocycles. The maximum Gasteiger partial charge on any atom is 0.266 e. The van der Waals surface area contributed by atoms with Crippen molar-refractivity contribution < 1.29 is 9.53 Å². The molecule has 3 aromatic rings. The number of nitriles is 2. The van der Waals surface area contributed by atoms with Crippen molar-refractivity contribution in [2.24, 2.45) is 0 Å². The van der Waals surface area contributed by atoms with Crippen LogP contribution in [0.1, 0.15) is 16.7 Å². The SMILES string of the molecule is N#C/C(=C/c1ccc(OCc2ccccc2C#N)c(I)c1)C(=O)Nc1ccccc1. The van der Waals surface area contributed by atoms with E-state index in [0.29, 0.717) is 22.6 Å². The first-order valence-corrected chi connectivity index (χ1v) is 10.1. The number of halogens is 1. The molecule has 0 aromatic heterocycles. The van der Waals surface area contributed by atoms with Gasteiger partial charge in [0.05, 0.1) is 15.2 Å². The Balaban J connectivity index is 1.73. The van der Waals surface area contributed by atoms with Crippen LogP contribution in [0.3, 0.4) is 0 Å². The Hall–Kier alpha value is -3.62. The molecule has 0 aliphatic heterocycles. The largest absolute Gasteiger partial charge is 0.488 e. The van der Waals surface area contributed by atoms with Crippen LogP contribution in [0.4, 0.5) is 5.69 Å². The number of nitrogens with one attached hydrogen (secondary N) is 1. The van der Waals surface area contributed by atoms with Crippen molar-refractivity contribution in [2.75, 3.05) is 5.32 Å². The van der Waals surface area contributed by atoms with Crippen molar-refractivity contribution >= 4 is 40.3 Å². The Labute approximate surface area is 188 Å². The number of carbonyl (C=O) groups excluding carboxylic acids is 1. The maximum absolute atomic E-state index is 12.4. The lowest BCUT2D eigenvalue weighted by molar-refractivity contribution is -0.112. The molecule has 0 saturated carbocycles. The molecule has 1 N–H and O–H groups in total. The van der Waals surface area contributed by atoms with Crippen LogP contribution in [-0.4, -0.2) is 5.91 Å². The average molecular weight is 505 g/mol. The number of nitrogens with zero attached hydrogens (tertiary/aromatic N) is 2. The van der Waals surface area contributed by atoms with E-state index in [-0.39, 0.29) is 12.2 Å². The summed E-state index contributed by atoms with van der Waals surface area (Å²) in [4.78, 5) is 12.4. The van der Waals surface area contributed by atoms with Gasteiger partial charge in [0.1, 0.15) is 24.0 Å². The summed E-state index contributed by atoms with van der Waals surface area (Å²) in [5.41, 5.74) is 2.73. The fourth-order valence-corrected chi connectivity index (χ4v) is 3.36. The first-order valence-electron chi connectivity index (χ1n) is 8.99. The summed E-state index contributed by atoms with van der Waals surface area (Å²) in [5, 5.41) is 21.3. The van der Waals surface area contributed by atoms with Crippen molar-refractivity contribution in [3.05, 3.63) is 98.6 Å². The molecule has 0 radical (unpaired) electrons. The van der Waals surface area contributed by atoms with Crippen molar-refractivity contribution in [2.45, 2.75) is 6.61 Å². The molecule has 0 heterocycles. The van der Waals surface area contributed by atoms with Gasteiger partial charge in [-0.2, -0.15) is 10.5 Å². The normalized spacial score (nSPS) is 10.6. The van der Waals surface area contributed by atoms with E-state index in [1.54, 1.807) is 30.3 Å². The van der Waals surface area contributed by atoms with E-state index in [1.165, 1.54) is 6.08 Å². The summed E-state index contributed by atoms with van der Waals surface area (Å²) in [6, 6.07) is 25.8. The molecule has 0 atom stereocenters. The van der Waals surface area contributed by atoms with Crippen LogP contribution in [-0.2, 0) is 11.4 Å². The maximum atomic E-state index is 12.4. The fraction of sp³-hybridized carbons (Fsp3) is 0.0417. The van der Waals surface area contributed by atoms with Crippen LogP contribution < -0.4 is 10.1 Å². The highest BCUT2D eigenvalue weighted by molar-refractivity contribution is 14.1. The highest BCUT2D eigenvalue weighted by Gasteiger charge is 2.11. The van der Waals surface area contributed by atoms with Gasteiger partial charge in [-0.1, -0.05) is 42.5 Å². The first kappa shape index (κ1) is 21.1. The van der Waals surface area contributed by atoms with Crippen molar-refractivity contribution in [1.82, 2.24) is 0 Å². The molecule has 0 aliphatic rings. The Morgan fingerprint density at radius 2 is 1.77 bits per heavy atom. The van der Waals surface area contributed by atoms with E-state index in [2.05, 4.69) is 34.0 Å². The highest BCUT2D eigenvalue weighted by atomic mass is 127. The monoisotopic (exact) mass is 505 g/mol. The molecule has 0 fully saturated rings. The lowest BCUT2D eigenvalue weighted by Gasteiger charge is -2.10. The van der Waals surface area contributed by atoms with Gasteiger partial charge in [-0.25, -0.2) is 0 Å². The molecule has 0 spiro atoms. The third-order valence-corrected chi connectivity index (χ3v) is 5.03. The third-order valence-electron chi connectivity index (χ3n) is 4.18. The van der Waals surface area contributed by atoms with Gasteiger partial charge in [0.25, 0.3) is 5.91 Å². The summed E-state index contributed by atoms with van der Waals surface area (Å²) < 4.78 is 6.68. The van der Waals surface area contributed by atoms with E-state index >= 15 is 0 Å². The molecule has 0 unspecified atom stereocenters. The second-order valence-corrected chi connectivity index (χ2v) is 7.40. The Bertz CT molecular complexity index is 1180. The highest BCUT2D eigenvalue weighted by Crippen LogP contribution is 2.25. The van der Waals surface area contributed by atoms with Gasteiger partial charge in [-0.05, 0) is 64.6 Å². The predicted molar refractivity (Wildman–Crippen MR) is 123 cm³/mol. The van der Waals surface area contributed by atoms with Gasteiger partial charge in [-0.3, -0.25) is 4.79 Å². The lowest BCUT2D eigenvalue weighted by Crippen LogP contribution is -2.13. The number of anilines is 1. The lowest BCUT2D eigenvalue weighted by atomic mass is 10.1. The van der Waals surface area contributed by atoms with Crippen LogP contribution in [0.25, 0.3) is 6.08 Å². The van der Waals surface area contributed by atoms with Crippen LogP contribution in [0, 0.1) is 26.2 Å². The molecule has 30 heavy (non-hydrogen) atoms. The van der Waals surface area contributed by atoms with Gasteiger partial charge in [-0.15, -0.1) is 0 Å². The topological polar surface area (TPSA) is 85.9 Å². The fourth-order valence-electron chi connectivity index (χ4n) is 2.67. The van der Waals surface area contributed by atoms with Crippen molar-refractivity contribution in [1.29, 1.82) is 10.5 Å². The van der Waals surface area contributed by atoms with Gasteiger partial charge in [0, 0.05) is 11.3 Å². The minimum absolute atomic E-state index is 0.00580. The zero-order valence-corrected chi connectivity index (χ0v) is 18.0. The van der Waals surface area contributed by atoms with Crippen LogP contribution in [0.15, 0.2) is 78.4 Å². The molecule has 0 bridgehead atoms. The second-order valence-electron chi connectivity index (χ2n) is 6.24. The number of benzene rings is 3. The van der Waals surface area contributed by atoms with E-state index in [1.807, 2.05) is 48.5 Å². The van der Waals surface area contributed by atoms with Gasteiger partial charge >= 0.3 is 0 Å². The van der Waals surface area contributed by atoms with Crippen LogP contribution in [0.2, 0.25) is 0 Å². The predicted octanol–water partition coefficient (Wildman–Crippen LogP) is 5.29. The van der Waals surface area contributed by atoms with Crippen LogP contribution >= 0.6 is 22.6 Å². The number of amides is 1. The summed E-state index contributed by atoms with van der Waals surface area (Å²) in [6.45, 7) is 0.276. The zero-order chi connectivity index (χ0) is 21.3.